The van der Waals surface area contributed by atoms with Crippen LogP contribution in [0.25, 0.3) is 0 Å². The molecule has 0 aromatic heterocycles. The van der Waals surface area contributed by atoms with Crippen LogP contribution in [0.4, 0.5) is 0 Å². The Kier molecular flexibility index (Phi) is 9.75. The van der Waals surface area contributed by atoms with E-state index in [-0.39, 0.29) is 19.8 Å². The predicted octanol–water partition coefficient (Wildman–Crippen LogP) is 2.45. The van der Waals surface area contributed by atoms with Crippen LogP contribution in [0.15, 0.2) is 60.7 Å². The Morgan fingerprint density at radius 1 is 0.846 bits per heavy atom. The Morgan fingerprint density at radius 3 is 2.23 bits per heavy atom. The zero-order valence-corrected chi connectivity index (χ0v) is 15.0. The monoisotopic (exact) mass is 360 g/mol. The van der Waals surface area contributed by atoms with Crippen LogP contribution in [0, 0.1) is 0 Å². The first-order valence-electron chi connectivity index (χ1n) is 8.98. The van der Waals surface area contributed by atoms with E-state index in [1.54, 1.807) is 0 Å². The average Bonchev–Trinajstić information content (AvgIpc) is 2.70. The molecule has 2 N–H and O–H groups in total. The number of aryl methyl sites for hydroxylation is 1. The zero-order valence-electron chi connectivity index (χ0n) is 15.0. The normalized spacial score (nSPS) is 13.3. The lowest BCUT2D eigenvalue weighted by molar-refractivity contribution is -0.0746. The molecule has 0 saturated heterocycles. The zero-order chi connectivity index (χ0) is 18.5. The molecule has 0 bridgehead atoms. The van der Waals surface area contributed by atoms with Crippen molar-refractivity contribution in [3.8, 4) is 5.75 Å². The summed E-state index contributed by atoms with van der Waals surface area (Å²) in [6, 6.07) is 19.5. The number of benzene rings is 2. The van der Waals surface area contributed by atoms with Gasteiger partial charge in [0.1, 0.15) is 24.6 Å². The number of para-hydroxylation sites is 1. The molecule has 0 aliphatic heterocycles. The third-order valence-corrected chi connectivity index (χ3v) is 3.81. The Balaban J connectivity index is 1.53. The predicted molar refractivity (Wildman–Crippen MR) is 100 cm³/mol. The van der Waals surface area contributed by atoms with Crippen molar-refractivity contribution in [1.82, 2.24) is 0 Å². The molecule has 0 aliphatic rings. The molecule has 0 amide bonds. The van der Waals surface area contributed by atoms with Gasteiger partial charge in [-0.25, -0.2) is 0 Å². The molecule has 0 heterocycles. The summed E-state index contributed by atoms with van der Waals surface area (Å²) in [4.78, 5) is 0. The highest BCUT2D eigenvalue weighted by Crippen LogP contribution is 2.09. The van der Waals surface area contributed by atoms with Gasteiger partial charge < -0.3 is 24.4 Å². The van der Waals surface area contributed by atoms with Crippen LogP contribution >= 0.6 is 0 Å². The minimum absolute atomic E-state index is 0.0887. The first-order valence-corrected chi connectivity index (χ1v) is 8.98. The van der Waals surface area contributed by atoms with Crippen LogP contribution in [-0.2, 0) is 15.9 Å². The molecular formula is C21H28O5. The van der Waals surface area contributed by atoms with Crippen molar-refractivity contribution >= 4 is 0 Å². The number of ether oxygens (including phenoxy) is 3. The van der Waals surface area contributed by atoms with E-state index in [9.17, 15) is 10.2 Å². The quantitative estimate of drug-likeness (QED) is 0.537. The van der Waals surface area contributed by atoms with Crippen molar-refractivity contribution in [3.05, 3.63) is 66.2 Å². The summed E-state index contributed by atoms with van der Waals surface area (Å²) in [5.41, 5.74) is 1.28. The molecule has 142 valence electrons. The summed E-state index contributed by atoms with van der Waals surface area (Å²) >= 11 is 0. The molecular weight excluding hydrogens is 332 g/mol. The highest BCUT2D eigenvalue weighted by molar-refractivity contribution is 5.20. The SMILES string of the molecule is OCC(COCCCc1ccccc1)OCC(O)COc1ccccc1. The van der Waals surface area contributed by atoms with E-state index in [4.69, 9.17) is 14.2 Å². The van der Waals surface area contributed by atoms with E-state index in [1.165, 1.54) is 5.56 Å². The molecule has 2 aromatic rings. The Bertz CT molecular complexity index is 575. The molecule has 0 spiro atoms. The maximum atomic E-state index is 9.92. The lowest BCUT2D eigenvalue weighted by Gasteiger charge is -2.18. The number of rotatable bonds is 13. The van der Waals surface area contributed by atoms with Crippen LogP contribution in [0.5, 0.6) is 5.75 Å². The Labute approximate surface area is 155 Å². The topological polar surface area (TPSA) is 68.2 Å². The molecule has 2 aromatic carbocycles. The molecule has 2 unspecified atom stereocenters. The summed E-state index contributed by atoms with van der Waals surface area (Å²) in [6.07, 6.45) is 0.664. The molecule has 0 radical (unpaired) electrons. The number of hydrogen-bond donors (Lipinski definition) is 2. The standard InChI is InChI=1S/C21H28O5/c22-14-21(17-24-13-7-10-18-8-3-1-4-9-18)26-16-19(23)15-25-20-11-5-2-6-12-20/h1-6,8-9,11-12,19,21-23H,7,10,13-17H2. The summed E-state index contributed by atoms with van der Waals surface area (Å²) < 4.78 is 16.5. The van der Waals surface area contributed by atoms with E-state index < -0.39 is 12.2 Å². The van der Waals surface area contributed by atoms with Gasteiger partial charge in [0.05, 0.1) is 19.8 Å². The maximum Gasteiger partial charge on any atom is 0.119 e. The van der Waals surface area contributed by atoms with E-state index in [2.05, 4.69) is 12.1 Å². The van der Waals surface area contributed by atoms with E-state index >= 15 is 0 Å². The van der Waals surface area contributed by atoms with Crippen LogP contribution in [0.3, 0.4) is 0 Å². The highest BCUT2D eigenvalue weighted by atomic mass is 16.5. The van der Waals surface area contributed by atoms with Crippen molar-refractivity contribution in [2.45, 2.75) is 25.0 Å². The lowest BCUT2D eigenvalue weighted by Crippen LogP contribution is -2.31. The fourth-order valence-electron chi connectivity index (χ4n) is 2.40. The summed E-state index contributed by atoms with van der Waals surface area (Å²) in [5, 5.41) is 19.3. The number of aliphatic hydroxyl groups excluding tert-OH is 2. The lowest BCUT2D eigenvalue weighted by atomic mass is 10.1. The molecule has 5 nitrogen and oxygen atoms in total. The van der Waals surface area contributed by atoms with Gasteiger partial charge in [-0.05, 0) is 30.5 Å². The molecule has 0 aliphatic carbocycles. The molecule has 2 rings (SSSR count). The number of hydrogen-bond acceptors (Lipinski definition) is 5. The summed E-state index contributed by atoms with van der Waals surface area (Å²) in [6.45, 7) is 0.989. The molecule has 0 fully saturated rings. The third-order valence-electron chi connectivity index (χ3n) is 3.81. The van der Waals surface area contributed by atoms with Crippen molar-refractivity contribution in [1.29, 1.82) is 0 Å². The van der Waals surface area contributed by atoms with E-state index in [1.807, 2.05) is 48.5 Å². The molecule has 2 atom stereocenters. The largest absolute Gasteiger partial charge is 0.491 e. The van der Waals surface area contributed by atoms with Gasteiger partial charge in [-0.1, -0.05) is 48.5 Å². The van der Waals surface area contributed by atoms with Crippen LogP contribution in [0.2, 0.25) is 0 Å². The van der Waals surface area contributed by atoms with Gasteiger partial charge in [-0.3, -0.25) is 0 Å². The van der Waals surface area contributed by atoms with Crippen LogP contribution in [-0.4, -0.2) is 55.5 Å². The van der Waals surface area contributed by atoms with Gasteiger partial charge in [-0.2, -0.15) is 0 Å². The van der Waals surface area contributed by atoms with Crippen molar-refractivity contribution in [3.63, 3.8) is 0 Å². The first-order chi connectivity index (χ1) is 12.8. The minimum Gasteiger partial charge on any atom is -0.491 e. The minimum atomic E-state index is -0.762. The fourth-order valence-corrected chi connectivity index (χ4v) is 2.40. The second kappa shape index (κ2) is 12.4. The van der Waals surface area contributed by atoms with Crippen LogP contribution in [0.1, 0.15) is 12.0 Å². The molecule has 0 saturated carbocycles. The fraction of sp³-hybridized carbons (Fsp3) is 0.429. The number of aliphatic hydroxyl groups is 2. The van der Waals surface area contributed by atoms with Crippen LogP contribution < -0.4 is 4.74 Å². The van der Waals surface area contributed by atoms with Crippen molar-refractivity contribution in [2.75, 3.05) is 33.0 Å². The Morgan fingerprint density at radius 2 is 1.54 bits per heavy atom. The van der Waals surface area contributed by atoms with Gasteiger partial charge in [-0.15, -0.1) is 0 Å². The average molecular weight is 360 g/mol. The van der Waals surface area contributed by atoms with Crippen molar-refractivity contribution in [2.24, 2.45) is 0 Å². The summed E-state index contributed by atoms with van der Waals surface area (Å²) in [7, 11) is 0. The molecule has 5 heteroatoms. The maximum absolute atomic E-state index is 9.92. The van der Waals surface area contributed by atoms with Gasteiger partial charge in [0.15, 0.2) is 0 Å². The second-order valence-corrected chi connectivity index (χ2v) is 6.08. The van der Waals surface area contributed by atoms with Gasteiger partial charge >= 0.3 is 0 Å². The molecule has 26 heavy (non-hydrogen) atoms. The van der Waals surface area contributed by atoms with E-state index in [0.29, 0.717) is 19.0 Å². The Hall–Kier alpha value is -1.92. The second-order valence-electron chi connectivity index (χ2n) is 6.08. The third kappa shape index (κ3) is 8.45. The highest BCUT2D eigenvalue weighted by Gasteiger charge is 2.12. The van der Waals surface area contributed by atoms with Gasteiger partial charge in [0, 0.05) is 6.61 Å². The van der Waals surface area contributed by atoms with E-state index in [0.717, 1.165) is 12.8 Å². The smallest absolute Gasteiger partial charge is 0.119 e. The first kappa shape index (κ1) is 20.4. The summed E-state index contributed by atoms with van der Waals surface area (Å²) in [5.74, 6) is 0.701. The van der Waals surface area contributed by atoms with Crippen molar-refractivity contribution < 1.29 is 24.4 Å². The van der Waals surface area contributed by atoms with Gasteiger partial charge in [0.25, 0.3) is 0 Å². The van der Waals surface area contributed by atoms with Gasteiger partial charge in [0.2, 0.25) is 0 Å².